The summed E-state index contributed by atoms with van der Waals surface area (Å²) >= 11 is 0. The predicted molar refractivity (Wildman–Crippen MR) is 161 cm³/mol. The van der Waals surface area contributed by atoms with Crippen molar-refractivity contribution >= 4 is 16.9 Å². The van der Waals surface area contributed by atoms with Crippen LogP contribution in [0.4, 0.5) is 0 Å². The van der Waals surface area contributed by atoms with Gasteiger partial charge in [-0.05, 0) is 30.5 Å². The van der Waals surface area contributed by atoms with Crippen molar-refractivity contribution in [3.05, 3.63) is 113 Å². The SMILES string of the molecule is O=C(c1c(-c2ccccc2)n(C2CCCN(S(=O)c3ccccc3)C2)c(=O)n1Cc1ccccc1)N1CCNCC1. The standard InChI is InChI=1S/C32H35N5O3S/c38-31(34-21-18-33-19-22-34)30-29(26-13-6-2-7-14-26)37(32(39)36(30)23-25-11-4-1-5-12-25)27-15-10-20-35(24-27)41(40)28-16-8-3-9-17-28/h1-9,11-14,16-17,27,33H,10,15,18-24H2. The molecular formula is C32H35N5O3S. The number of aromatic nitrogens is 2. The third kappa shape index (κ3) is 5.70. The van der Waals surface area contributed by atoms with Crippen LogP contribution in [-0.2, 0) is 17.5 Å². The van der Waals surface area contributed by atoms with Crippen molar-refractivity contribution in [3.8, 4) is 11.3 Å². The van der Waals surface area contributed by atoms with E-state index in [0.717, 1.165) is 42.0 Å². The normalized spacial score (nSPS) is 18.7. The highest BCUT2D eigenvalue weighted by Gasteiger charge is 2.35. The summed E-state index contributed by atoms with van der Waals surface area (Å²) in [5, 5.41) is 3.32. The molecule has 1 amide bonds. The number of benzene rings is 3. The highest BCUT2D eigenvalue weighted by atomic mass is 32.2. The monoisotopic (exact) mass is 569 g/mol. The molecule has 9 heteroatoms. The molecule has 6 rings (SSSR count). The molecule has 2 atom stereocenters. The van der Waals surface area contributed by atoms with Gasteiger partial charge in [-0.1, -0.05) is 78.9 Å². The second-order valence-corrected chi connectivity index (χ2v) is 12.1. The molecule has 2 aliphatic rings. The Morgan fingerprint density at radius 3 is 2.17 bits per heavy atom. The molecule has 2 unspecified atom stereocenters. The Labute approximate surface area is 242 Å². The van der Waals surface area contributed by atoms with Crippen molar-refractivity contribution in [1.82, 2.24) is 23.7 Å². The zero-order chi connectivity index (χ0) is 28.2. The number of amides is 1. The maximum Gasteiger partial charge on any atom is 0.329 e. The molecule has 2 aliphatic heterocycles. The maximum absolute atomic E-state index is 14.5. The minimum absolute atomic E-state index is 0.127. The topological polar surface area (TPSA) is 79.6 Å². The van der Waals surface area contributed by atoms with E-state index in [1.165, 1.54) is 0 Å². The van der Waals surface area contributed by atoms with Crippen LogP contribution < -0.4 is 11.0 Å². The van der Waals surface area contributed by atoms with Gasteiger partial charge >= 0.3 is 5.69 Å². The predicted octanol–water partition coefficient (Wildman–Crippen LogP) is 3.77. The van der Waals surface area contributed by atoms with Gasteiger partial charge in [-0.15, -0.1) is 0 Å². The average molecular weight is 570 g/mol. The van der Waals surface area contributed by atoms with Crippen molar-refractivity contribution < 1.29 is 9.00 Å². The van der Waals surface area contributed by atoms with Gasteiger partial charge in [0.25, 0.3) is 5.91 Å². The van der Waals surface area contributed by atoms with E-state index >= 15 is 0 Å². The molecule has 0 bridgehead atoms. The van der Waals surface area contributed by atoms with Crippen LogP contribution in [0.5, 0.6) is 0 Å². The number of carbonyl (C=O) groups excluding carboxylic acids is 1. The summed E-state index contributed by atoms with van der Waals surface area (Å²) in [5.74, 6) is -0.127. The third-order valence-electron chi connectivity index (χ3n) is 7.91. The van der Waals surface area contributed by atoms with E-state index in [-0.39, 0.29) is 17.6 Å². The highest BCUT2D eigenvalue weighted by molar-refractivity contribution is 7.82. The zero-order valence-corrected chi connectivity index (χ0v) is 23.8. The average Bonchev–Trinajstić information content (AvgIpc) is 3.33. The Kier molecular flexibility index (Phi) is 8.27. The largest absolute Gasteiger partial charge is 0.335 e. The zero-order valence-electron chi connectivity index (χ0n) is 23.0. The number of rotatable bonds is 7. The van der Waals surface area contributed by atoms with Crippen LogP contribution in [-0.4, -0.2) is 67.7 Å². The van der Waals surface area contributed by atoms with Crippen LogP contribution in [0, 0.1) is 0 Å². The Bertz CT molecular complexity index is 1560. The lowest BCUT2D eigenvalue weighted by molar-refractivity contribution is 0.0725. The molecule has 0 saturated carbocycles. The van der Waals surface area contributed by atoms with Crippen molar-refractivity contribution in [2.45, 2.75) is 30.3 Å². The van der Waals surface area contributed by atoms with E-state index in [1.54, 1.807) is 4.57 Å². The quantitative estimate of drug-likeness (QED) is 0.368. The lowest BCUT2D eigenvalue weighted by atomic mass is 10.0. The van der Waals surface area contributed by atoms with Gasteiger partial charge < -0.3 is 10.2 Å². The molecule has 0 spiro atoms. The highest BCUT2D eigenvalue weighted by Crippen LogP contribution is 2.32. The molecule has 2 saturated heterocycles. The molecule has 8 nitrogen and oxygen atoms in total. The van der Waals surface area contributed by atoms with E-state index in [2.05, 4.69) is 5.32 Å². The van der Waals surface area contributed by atoms with Gasteiger partial charge in [-0.3, -0.25) is 13.9 Å². The van der Waals surface area contributed by atoms with Gasteiger partial charge in [0, 0.05) is 44.8 Å². The first-order chi connectivity index (χ1) is 20.1. The molecule has 1 aromatic heterocycles. The Morgan fingerprint density at radius 1 is 0.854 bits per heavy atom. The molecule has 1 N–H and O–H groups in total. The first-order valence-corrected chi connectivity index (χ1v) is 15.4. The van der Waals surface area contributed by atoms with E-state index in [4.69, 9.17) is 0 Å². The van der Waals surface area contributed by atoms with Gasteiger partial charge in [-0.2, -0.15) is 0 Å². The summed E-state index contributed by atoms with van der Waals surface area (Å²) < 4.78 is 19.0. The number of piperidine rings is 1. The second kappa shape index (κ2) is 12.4. The van der Waals surface area contributed by atoms with Crippen LogP contribution >= 0.6 is 0 Å². The number of hydrogen-bond donors (Lipinski definition) is 1. The Balaban J connectivity index is 1.49. The van der Waals surface area contributed by atoms with Crippen LogP contribution in [0.1, 0.15) is 34.9 Å². The lowest BCUT2D eigenvalue weighted by Crippen LogP contribution is -2.47. The van der Waals surface area contributed by atoms with Crippen LogP contribution in [0.3, 0.4) is 0 Å². The van der Waals surface area contributed by atoms with Crippen LogP contribution in [0.15, 0.2) is 101 Å². The summed E-state index contributed by atoms with van der Waals surface area (Å²) in [6.07, 6.45) is 1.56. The Hall–Kier alpha value is -3.79. The molecule has 2 fully saturated rings. The van der Waals surface area contributed by atoms with E-state index in [9.17, 15) is 13.8 Å². The molecule has 212 valence electrons. The van der Waals surface area contributed by atoms with E-state index in [0.29, 0.717) is 44.1 Å². The van der Waals surface area contributed by atoms with Crippen LogP contribution in [0.2, 0.25) is 0 Å². The summed E-state index contributed by atoms with van der Waals surface area (Å²) in [7, 11) is -1.34. The van der Waals surface area contributed by atoms with Gasteiger partial charge in [0.2, 0.25) is 0 Å². The van der Waals surface area contributed by atoms with Crippen molar-refractivity contribution in [2.75, 3.05) is 39.3 Å². The number of nitrogens with one attached hydrogen (secondary N) is 1. The van der Waals surface area contributed by atoms with Crippen molar-refractivity contribution in [3.63, 3.8) is 0 Å². The molecule has 0 aliphatic carbocycles. The van der Waals surface area contributed by atoms with Crippen LogP contribution in [0.25, 0.3) is 11.3 Å². The smallest absolute Gasteiger partial charge is 0.329 e. The van der Waals surface area contributed by atoms with Gasteiger partial charge in [-0.25, -0.2) is 13.3 Å². The fourth-order valence-electron chi connectivity index (χ4n) is 5.89. The minimum Gasteiger partial charge on any atom is -0.335 e. The molecule has 0 radical (unpaired) electrons. The van der Waals surface area contributed by atoms with E-state index < -0.39 is 11.0 Å². The number of imidazole rings is 1. The number of carbonyl (C=O) groups is 1. The summed E-state index contributed by atoms with van der Waals surface area (Å²) in [6, 6.07) is 28.8. The van der Waals surface area contributed by atoms with Crippen molar-refractivity contribution in [1.29, 1.82) is 0 Å². The molecule has 4 aromatic rings. The summed E-state index contributed by atoms with van der Waals surface area (Å²) in [4.78, 5) is 31.3. The lowest BCUT2D eigenvalue weighted by Gasteiger charge is -2.33. The summed E-state index contributed by atoms with van der Waals surface area (Å²) in [5.41, 5.74) is 2.65. The van der Waals surface area contributed by atoms with Crippen molar-refractivity contribution in [2.24, 2.45) is 0 Å². The van der Waals surface area contributed by atoms with Gasteiger partial charge in [0.05, 0.1) is 23.2 Å². The minimum atomic E-state index is -1.34. The molecule has 41 heavy (non-hydrogen) atoms. The Morgan fingerprint density at radius 2 is 1.49 bits per heavy atom. The second-order valence-electron chi connectivity index (χ2n) is 10.6. The summed E-state index contributed by atoms with van der Waals surface area (Å²) in [6.45, 7) is 4.06. The molecule has 3 aromatic carbocycles. The number of hydrogen-bond acceptors (Lipinski definition) is 4. The molecular weight excluding hydrogens is 534 g/mol. The van der Waals surface area contributed by atoms with E-state index in [1.807, 2.05) is 105 Å². The first-order valence-electron chi connectivity index (χ1n) is 14.3. The molecule has 3 heterocycles. The number of nitrogens with zero attached hydrogens (tertiary/aromatic N) is 4. The first kappa shape index (κ1) is 27.4. The fraction of sp³-hybridized carbons (Fsp3) is 0.312. The van der Waals surface area contributed by atoms with Gasteiger partial charge in [0.15, 0.2) is 0 Å². The van der Waals surface area contributed by atoms with Gasteiger partial charge in [0.1, 0.15) is 16.7 Å². The fourth-order valence-corrected chi connectivity index (χ4v) is 7.18. The third-order valence-corrected chi connectivity index (χ3v) is 9.39. The number of piperazine rings is 1. The maximum atomic E-state index is 14.5.